The van der Waals surface area contributed by atoms with E-state index in [0.29, 0.717) is 0 Å². The number of carbonyl (C=O) groups is 3. The Balaban J connectivity index is 1.31. The van der Waals surface area contributed by atoms with Crippen LogP contribution in [-0.4, -0.2) is 63.4 Å². The monoisotopic (exact) mass is 473 g/mol. The number of carboxylic acid groups (broad SMARTS) is 1. The summed E-state index contributed by atoms with van der Waals surface area (Å²) in [5.74, 6) is -2.02. The molecule has 2 aliphatic rings. The molecule has 2 heterocycles. The number of carboxylic acids is 1. The smallest absolute Gasteiger partial charge is 0.411 e. The number of likely N-dealkylation sites (tertiary alicyclic amines) is 1. The van der Waals surface area contributed by atoms with Gasteiger partial charge in [-0.05, 0) is 34.4 Å². The number of aliphatic hydroxyl groups excluding tert-OH is 1. The van der Waals surface area contributed by atoms with Crippen LogP contribution < -0.4 is 5.32 Å². The number of anilines is 1. The first-order chi connectivity index (χ1) is 16.9. The highest BCUT2D eigenvalue weighted by atomic mass is 16.5. The minimum atomic E-state index is -1.21. The topological polar surface area (TPSA) is 129 Å². The number of aliphatic carboxylic acids is 1. The fourth-order valence-electron chi connectivity index (χ4n) is 4.83. The predicted molar refractivity (Wildman–Crippen MR) is 126 cm³/mol. The minimum Gasteiger partial charge on any atom is -0.480 e. The molecule has 178 valence electrons. The van der Waals surface area contributed by atoms with Crippen molar-refractivity contribution >= 4 is 23.7 Å². The Morgan fingerprint density at radius 1 is 1.00 bits per heavy atom. The number of hydrogen-bond acceptors (Lipinski definition) is 6. The number of aliphatic hydroxyl groups is 1. The SMILES string of the molecule is O=C(Nc1cccnc1C(=O)N1CC(O)CC1C(=O)O)OCC1c2ccccc2-c2ccccc21. The zero-order valence-electron chi connectivity index (χ0n) is 18.6. The van der Waals surface area contributed by atoms with Crippen molar-refractivity contribution in [3.05, 3.63) is 83.7 Å². The van der Waals surface area contributed by atoms with Gasteiger partial charge in [0.15, 0.2) is 5.69 Å². The largest absolute Gasteiger partial charge is 0.480 e. The molecule has 1 aliphatic heterocycles. The number of aromatic nitrogens is 1. The van der Waals surface area contributed by atoms with Crippen molar-refractivity contribution in [2.75, 3.05) is 18.5 Å². The third kappa shape index (κ3) is 4.22. The Bertz CT molecular complexity index is 1260. The number of pyridine rings is 1. The molecule has 3 aromatic rings. The summed E-state index contributed by atoms with van der Waals surface area (Å²) in [6, 6.07) is 17.8. The Hall–Kier alpha value is -4.24. The highest BCUT2D eigenvalue weighted by Gasteiger charge is 2.40. The predicted octanol–water partition coefficient (Wildman–Crippen LogP) is 3.10. The van der Waals surface area contributed by atoms with Gasteiger partial charge in [0.2, 0.25) is 0 Å². The molecule has 2 aromatic carbocycles. The first kappa shape index (κ1) is 22.5. The average molecular weight is 473 g/mol. The molecule has 0 radical (unpaired) electrons. The molecule has 35 heavy (non-hydrogen) atoms. The zero-order chi connectivity index (χ0) is 24.5. The van der Waals surface area contributed by atoms with Gasteiger partial charge in [-0.25, -0.2) is 14.6 Å². The van der Waals surface area contributed by atoms with Crippen molar-refractivity contribution in [2.45, 2.75) is 24.5 Å². The maximum atomic E-state index is 13.0. The summed E-state index contributed by atoms with van der Waals surface area (Å²) in [5, 5.41) is 21.8. The second-order valence-electron chi connectivity index (χ2n) is 8.55. The van der Waals surface area contributed by atoms with Crippen LogP contribution in [0.15, 0.2) is 66.9 Å². The third-order valence-electron chi connectivity index (χ3n) is 6.42. The first-order valence-corrected chi connectivity index (χ1v) is 11.2. The van der Waals surface area contributed by atoms with E-state index >= 15 is 0 Å². The lowest BCUT2D eigenvalue weighted by Crippen LogP contribution is -2.41. The summed E-state index contributed by atoms with van der Waals surface area (Å²) in [7, 11) is 0. The molecule has 1 saturated heterocycles. The van der Waals surface area contributed by atoms with Crippen molar-refractivity contribution in [3.8, 4) is 11.1 Å². The van der Waals surface area contributed by atoms with E-state index in [4.69, 9.17) is 4.74 Å². The summed E-state index contributed by atoms with van der Waals surface area (Å²) >= 11 is 0. The van der Waals surface area contributed by atoms with Crippen LogP contribution in [0.5, 0.6) is 0 Å². The maximum absolute atomic E-state index is 13.0. The lowest BCUT2D eigenvalue weighted by molar-refractivity contribution is -0.141. The second-order valence-corrected chi connectivity index (χ2v) is 8.55. The van der Waals surface area contributed by atoms with Crippen molar-refractivity contribution in [3.63, 3.8) is 0 Å². The summed E-state index contributed by atoms with van der Waals surface area (Å²) in [5.41, 5.74) is 4.34. The molecule has 2 amide bonds. The fourth-order valence-corrected chi connectivity index (χ4v) is 4.83. The molecular formula is C26H23N3O6. The van der Waals surface area contributed by atoms with Gasteiger partial charge in [-0.1, -0.05) is 48.5 Å². The molecule has 5 rings (SSSR count). The molecule has 1 aromatic heterocycles. The Kier molecular flexibility index (Phi) is 5.92. The number of carbonyl (C=O) groups excluding carboxylic acids is 2. The molecule has 0 saturated carbocycles. The molecule has 2 unspecified atom stereocenters. The number of fused-ring (bicyclic) bond motifs is 3. The van der Waals surface area contributed by atoms with Crippen LogP contribution in [0, 0.1) is 0 Å². The Morgan fingerprint density at radius 2 is 1.66 bits per heavy atom. The number of hydrogen-bond donors (Lipinski definition) is 3. The van der Waals surface area contributed by atoms with E-state index in [9.17, 15) is 24.6 Å². The number of rotatable bonds is 5. The second kappa shape index (κ2) is 9.19. The molecular weight excluding hydrogens is 450 g/mol. The van der Waals surface area contributed by atoms with Gasteiger partial charge in [-0.15, -0.1) is 0 Å². The molecule has 1 aliphatic carbocycles. The van der Waals surface area contributed by atoms with Crippen LogP contribution in [0.1, 0.15) is 34.0 Å². The number of nitrogens with zero attached hydrogens (tertiary/aromatic N) is 2. The van der Waals surface area contributed by atoms with Gasteiger partial charge in [0, 0.05) is 25.1 Å². The lowest BCUT2D eigenvalue weighted by Gasteiger charge is -2.22. The van der Waals surface area contributed by atoms with Gasteiger partial charge in [-0.2, -0.15) is 0 Å². The molecule has 0 spiro atoms. The lowest BCUT2D eigenvalue weighted by atomic mass is 9.98. The van der Waals surface area contributed by atoms with Crippen LogP contribution in [0.2, 0.25) is 0 Å². The molecule has 9 nitrogen and oxygen atoms in total. The van der Waals surface area contributed by atoms with E-state index in [2.05, 4.69) is 10.3 Å². The third-order valence-corrected chi connectivity index (χ3v) is 6.42. The zero-order valence-corrected chi connectivity index (χ0v) is 18.6. The van der Waals surface area contributed by atoms with Crippen LogP contribution >= 0.6 is 0 Å². The first-order valence-electron chi connectivity index (χ1n) is 11.2. The van der Waals surface area contributed by atoms with Crippen LogP contribution in [0.25, 0.3) is 11.1 Å². The number of amides is 2. The van der Waals surface area contributed by atoms with Gasteiger partial charge in [0.1, 0.15) is 12.6 Å². The molecule has 0 bridgehead atoms. The quantitative estimate of drug-likeness (QED) is 0.519. The van der Waals surface area contributed by atoms with Crippen molar-refractivity contribution in [1.29, 1.82) is 0 Å². The molecule has 9 heteroatoms. The number of nitrogens with one attached hydrogen (secondary N) is 1. The van der Waals surface area contributed by atoms with Gasteiger partial charge in [0.05, 0.1) is 11.8 Å². The van der Waals surface area contributed by atoms with Crippen molar-refractivity contribution in [1.82, 2.24) is 9.88 Å². The highest BCUT2D eigenvalue weighted by Crippen LogP contribution is 2.44. The Morgan fingerprint density at radius 3 is 2.31 bits per heavy atom. The summed E-state index contributed by atoms with van der Waals surface area (Å²) in [6.45, 7) is -0.0282. The van der Waals surface area contributed by atoms with Gasteiger partial charge in [0.25, 0.3) is 5.91 Å². The van der Waals surface area contributed by atoms with Gasteiger partial charge in [-0.3, -0.25) is 10.1 Å². The van der Waals surface area contributed by atoms with Crippen LogP contribution in [0.4, 0.5) is 10.5 Å². The minimum absolute atomic E-state index is 0.0664. The average Bonchev–Trinajstić information content (AvgIpc) is 3.41. The summed E-state index contributed by atoms with van der Waals surface area (Å²) in [6.07, 6.45) is -0.394. The maximum Gasteiger partial charge on any atom is 0.411 e. The van der Waals surface area contributed by atoms with Gasteiger partial charge >= 0.3 is 12.1 Å². The molecule has 1 fully saturated rings. The summed E-state index contributed by atoms with van der Waals surface area (Å²) < 4.78 is 5.54. The van der Waals surface area contributed by atoms with E-state index in [0.717, 1.165) is 27.2 Å². The molecule has 3 N–H and O–H groups in total. The Labute approximate surface area is 201 Å². The van der Waals surface area contributed by atoms with Gasteiger partial charge < -0.3 is 19.8 Å². The summed E-state index contributed by atoms with van der Waals surface area (Å²) in [4.78, 5) is 42.4. The van der Waals surface area contributed by atoms with E-state index < -0.39 is 30.1 Å². The highest BCUT2D eigenvalue weighted by molar-refractivity contribution is 6.02. The van der Waals surface area contributed by atoms with Crippen molar-refractivity contribution in [2.24, 2.45) is 0 Å². The molecule has 2 atom stereocenters. The van der Waals surface area contributed by atoms with E-state index in [1.54, 1.807) is 6.07 Å². The van der Waals surface area contributed by atoms with E-state index in [-0.39, 0.29) is 36.9 Å². The fraction of sp³-hybridized carbons (Fsp3) is 0.231. The normalized spacial score (nSPS) is 18.6. The number of β-amino-alcohol motifs (C(OH)–C–C–N with tert-alkyl or cyclic N) is 1. The van der Waals surface area contributed by atoms with Crippen LogP contribution in [-0.2, 0) is 9.53 Å². The van der Waals surface area contributed by atoms with E-state index in [1.165, 1.54) is 12.3 Å². The van der Waals surface area contributed by atoms with Crippen molar-refractivity contribution < 1.29 is 29.3 Å². The number of ether oxygens (including phenoxy) is 1. The standard InChI is InChI=1S/C26H23N3O6/c30-15-12-22(25(32)33)29(13-15)24(31)23-21(10-5-11-27-23)28-26(34)35-14-20-18-8-3-1-6-16(18)17-7-2-4-9-19(17)20/h1-11,15,20,22,30H,12-14H2,(H,28,34)(H,32,33). The van der Waals surface area contributed by atoms with Crippen LogP contribution in [0.3, 0.4) is 0 Å². The van der Waals surface area contributed by atoms with E-state index in [1.807, 2.05) is 48.5 Å². The number of benzene rings is 2.